The molecule has 206 valence electrons. The average Bonchev–Trinajstić information content (AvgIpc) is 3.51. The SMILES string of the molecule is OCc1ccc(NC[C@@]2(Cc3cccc(C(F)(F)F)c3)CCN(Cc3c[nH]c4ccccc34)C2)cc1N(O)O. The van der Waals surface area contributed by atoms with Crippen LogP contribution in [-0.2, 0) is 25.7 Å². The fourth-order valence-electron chi connectivity index (χ4n) is 5.59. The maximum atomic E-state index is 13.4. The molecular weight excluding hydrogens is 509 g/mol. The van der Waals surface area contributed by atoms with E-state index in [1.807, 2.05) is 24.4 Å². The van der Waals surface area contributed by atoms with Crippen molar-refractivity contribution in [2.75, 3.05) is 30.2 Å². The Labute approximate surface area is 224 Å². The summed E-state index contributed by atoms with van der Waals surface area (Å²) in [4.78, 5) is 5.63. The van der Waals surface area contributed by atoms with Crippen LogP contribution in [0.3, 0.4) is 0 Å². The Bertz CT molecular complexity index is 1440. The van der Waals surface area contributed by atoms with Gasteiger partial charge in [0, 0.05) is 53.4 Å². The number of aliphatic hydroxyl groups excluding tert-OH is 1. The Morgan fingerprint density at radius 2 is 1.82 bits per heavy atom. The van der Waals surface area contributed by atoms with Gasteiger partial charge in [-0.3, -0.25) is 15.3 Å². The number of nitrogens with zero attached hydrogens (tertiary/aromatic N) is 2. The number of benzene rings is 3. The number of likely N-dealkylation sites (tertiary alicyclic amines) is 1. The number of aromatic nitrogens is 1. The van der Waals surface area contributed by atoms with Crippen molar-refractivity contribution in [2.24, 2.45) is 5.41 Å². The summed E-state index contributed by atoms with van der Waals surface area (Å²) in [6.07, 6.45) is -1.19. The lowest BCUT2D eigenvalue weighted by molar-refractivity contribution is -0.137. The van der Waals surface area contributed by atoms with Gasteiger partial charge in [0.2, 0.25) is 0 Å². The summed E-state index contributed by atoms with van der Waals surface area (Å²) in [5, 5.41) is 33.1. The van der Waals surface area contributed by atoms with Crippen LogP contribution in [0.2, 0.25) is 0 Å². The van der Waals surface area contributed by atoms with Crippen molar-refractivity contribution in [1.29, 1.82) is 0 Å². The third-order valence-corrected chi connectivity index (χ3v) is 7.56. The molecule has 39 heavy (non-hydrogen) atoms. The summed E-state index contributed by atoms with van der Waals surface area (Å²) in [5.74, 6) is 0. The van der Waals surface area contributed by atoms with Gasteiger partial charge in [-0.1, -0.05) is 42.5 Å². The standard InChI is InChI=1S/C29H31F3N4O3/c30-29(31,32)23-5-3-4-20(12-23)14-28(18-34-24-9-8-21(17-37)27(13-24)36(38)39)10-11-35(19-28)16-22-15-33-26-7-2-1-6-25(22)26/h1-9,12-13,15,33-34,37-39H,10-11,14,16-19H2/t28-/m0/s1. The van der Waals surface area contributed by atoms with Gasteiger partial charge in [-0.25, -0.2) is 0 Å². The van der Waals surface area contributed by atoms with Crippen molar-refractivity contribution in [3.05, 3.63) is 95.2 Å². The predicted molar refractivity (Wildman–Crippen MR) is 143 cm³/mol. The summed E-state index contributed by atoms with van der Waals surface area (Å²) >= 11 is 0. The van der Waals surface area contributed by atoms with E-state index in [1.165, 1.54) is 23.8 Å². The highest BCUT2D eigenvalue weighted by molar-refractivity contribution is 5.83. The van der Waals surface area contributed by atoms with Crippen LogP contribution in [-0.4, -0.2) is 45.0 Å². The lowest BCUT2D eigenvalue weighted by atomic mass is 9.80. The second kappa shape index (κ2) is 10.9. The number of aliphatic hydroxyl groups is 1. The summed E-state index contributed by atoms with van der Waals surface area (Å²) < 4.78 is 40.3. The Morgan fingerprint density at radius 1 is 1.00 bits per heavy atom. The molecule has 10 heteroatoms. The van der Waals surface area contributed by atoms with E-state index >= 15 is 0 Å². The Morgan fingerprint density at radius 3 is 2.59 bits per heavy atom. The van der Waals surface area contributed by atoms with Gasteiger partial charge in [0.05, 0.1) is 12.2 Å². The normalized spacial score (nSPS) is 18.1. The van der Waals surface area contributed by atoms with Crippen molar-refractivity contribution in [3.63, 3.8) is 0 Å². The summed E-state index contributed by atoms with van der Waals surface area (Å²) in [7, 11) is 0. The molecule has 3 aromatic carbocycles. The maximum absolute atomic E-state index is 13.4. The van der Waals surface area contributed by atoms with E-state index in [9.17, 15) is 28.7 Å². The molecule has 1 fully saturated rings. The van der Waals surface area contributed by atoms with E-state index in [0.29, 0.717) is 42.9 Å². The first-order chi connectivity index (χ1) is 18.7. The van der Waals surface area contributed by atoms with Gasteiger partial charge in [0.25, 0.3) is 0 Å². The second-order valence-corrected chi connectivity index (χ2v) is 10.3. The van der Waals surface area contributed by atoms with Crippen molar-refractivity contribution in [2.45, 2.75) is 32.2 Å². The first kappa shape index (κ1) is 27.0. The largest absolute Gasteiger partial charge is 0.416 e. The number of hydrogen-bond acceptors (Lipinski definition) is 6. The van der Waals surface area contributed by atoms with E-state index in [2.05, 4.69) is 21.3 Å². The van der Waals surface area contributed by atoms with Crippen LogP contribution in [0, 0.1) is 5.41 Å². The third kappa shape index (κ3) is 6.04. The molecule has 0 amide bonds. The quantitative estimate of drug-likeness (QED) is 0.172. The summed E-state index contributed by atoms with van der Waals surface area (Å²) in [6.45, 7) is 2.27. The lowest BCUT2D eigenvalue weighted by Crippen LogP contribution is -2.35. The number of anilines is 2. The molecule has 7 nitrogen and oxygen atoms in total. The van der Waals surface area contributed by atoms with Crippen LogP contribution in [0.25, 0.3) is 10.9 Å². The lowest BCUT2D eigenvalue weighted by Gasteiger charge is -2.31. The van der Waals surface area contributed by atoms with E-state index in [-0.39, 0.29) is 22.9 Å². The maximum Gasteiger partial charge on any atom is 0.416 e. The monoisotopic (exact) mass is 540 g/mol. The first-order valence-electron chi connectivity index (χ1n) is 12.7. The molecule has 0 spiro atoms. The first-order valence-corrected chi connectivity index (χ1v) is 12.7. The number of para-hydroxylation sites is 1. The molecule has 5 N–H and O–H groups in total. The van der Waals surface area contributed by atoms with Gasteiger partial charge in [-0.2, -0.15) is 13.2 Å². The van der Waals surface area contributed by atoms with Crippen molar-refractivity contribution in [1.82, 2.24) is 9.88 Å². The molecule has 4 aromatic rings. The van der Waals surface area contributed by atoms with Gasteiger partial charge in [-0.15, -0.1) is 5.23 Å². The molecule has 0 radical (unpaired) electrons. The minimum absolute atomic E-state index is 0.0341. The fourth-order valence-corrected chi connectivity index (χ4v) is 5.59. The number of aromatic amines is 1. The second-order valence-electron chi connectivity index (χ2n) is 10.3. The highest BCUT2D eigenvalue weighted by atomic mass is 19.4. The number of fused-ring (bicyclic) bond motifs is 1. The van der Waals surface area contributed by atoms with Crippen LogP contribution in [0.1, 0.15) is 28.7 Å². The number of alkyl halides is 3. The number of halogens is 3. The molecule has 1 aliphatic heterocycles. The van der Waals surface area contributed by atoms with Gasteiger partial charge in [0.1, 0.15) is 5.69 Å². The zero-order chi connectivity index (χ0) is 27.6. The number of rotatable bonds is 9. The van der Waals surface area contributed by atoms with E-state index in [1.54, 1.807) is 18.2 Å². The molecule has 2 heterocycles. The third-order valence-electron chi connectivity index (χ3n) is 7.56. The van der Waals surface area contributed by atoms with Crippen molar-refractivity contribution >= 4 is 22.3 Å². The average molecular weight is 541 g/mol. The van der Waals surface area contributed by atoms with Crippen LogP contribution >= 0.6 is 0 Å². The summed E-state index contributed by atoms with van der Waals surface area (Å²) in [5.41, 5.74) is 2.81. The minimum atomic E-state index is -4.41. The smallest absolute Gasteiger partial charge is 0.392 e. The van der Waals surface area contributed by atoms with Gasteiger partial charge in [-0.05, 0) is 54.8 Å². The molecule has 1 aliphatic rings. The van der Waals surface area contributed by atoms with Gasteiger partial charge < -0.3 is 15.4 Å². The van der Waals surface area contributed by atoms with Crippen LogP contribution in [0.4, 0.5) is 24.5 Å². The topological polar surface area (TPSA) is 95.0 Å². The van der Waals surface area contributed by atoms with Crippen molar-refractivity contribution in [3.8, 4) is 0 Å². The molecule has 0 aliphatic carbocycles. The molecule has 0 unspecified atom stereocenters. The molecule has 1 saturated heterocycles. The summed E-state index contributed by atoms with van der Waals surface area (Å²) in [6, 6.07) is 18.4. The van der Waals surface area contributed by atoms with Crippen LogP contribution < -0.4 is 10.5 Å². The highest BCUT2D eigenvalue weighted by Crippen LogP contribution is 2.38. The molecule has 5 rings (SSSR count). The molecule has 0 saturated carbocycles. The van der Waals surface area contributed by atoms with Crippen LogP contribution in [0.5, 0.6) is 0 Å². The van der Waals surface area contributed by atoms with Crippen LogP contribution in [0.15, 0.2) is 72.9 Å². The molecule has 0 bridgehead atoms. The number of H-pyrrole nitrogens is 1. The number of hydrogen-bond donors (Lipinski definition) is 5. The van der Waals surface area contributed by atoms with Gasteiger partial charge in [0.15, 0.2) is 0 Å². The fraction of sp³-hybridized carbons (Fsp3) is 0.310. The Balaban J connectivity index is 1.39. The van der Waals surface area contributed by atoms with Gasteiger partial charge >= 0.3 is 6.18 Å². The molecule has 1 aromatic heterocycles. The van der Waals surface area contributed by atoms with E-state index in [4.69, 9.17) is 0 Å². The molecule has 1 atom stereocenters. The minimum Gasteiger partial charge on any atom is -0.392 e. The predicted octanol–water partition coefficient (Wildman–Crippen LogP) is 5.81. The number of nitrogens with one attached hydrogen (secondary N) is 2. The Kier molecular flexibility index (Phi) is 7.55. The zero-order valence-corrected chi connectivity index (χ0v) is 21.2. The van der Waals surface area contributed by atoms with E-state index in [0.717, 1.165) is 29.9 Å². The van der Waals surface area contributed by atoms with E-state index < -0.39 is 11.7 Å². The zero-order valence-electron chi connectivity index (χ0n) is 21.2. The molecular formula is C29H31F3N4O3. The van der Waals surface area contributed by atoms with Crippen molar-refractivity contribution < 1.29 is 28.7 Å². The Hall–Kier alpha value is -3.57. The highest BCUT2D eigenvalue weighted by Gasteiger charge is 2.39.